The Morgan fingerprint density at radius 1 is 1.19 bits per heavy atom. The average Bonchev–Trinajstić information content (AvgIpc) is 2.21. The van der Waals surface area contributed by atoms with Gasteiger partial charge in [-0.2, -0.15) is 0 Å². The molecular formula is C12H22F2O2. The highest BCUT2D eigenvalue weighted by Gasteiger charge is 2.53. The average molecular weight is 236 g/mol. The third-order valence-corrected chi connectivity index (χ3v) is 4.47. The highest BCUT2D eigenvalue weighted by Crippen LogP contribution is 2.49. The molecule has 0 bridgehead atoms. The van der Waals surface area contributed by atoms with Gasteiger partial charge in [0.25, 0.3) is 0 Å². The lowest BCUT2D eigenvalue weighted by Crippen LogP contribution is -2.55. The molecule has 1 atom stereocenters. The van der Waals surface area contributed by atoms with Crippen LogP contribution in [0, 0.1) is 11.3 Å². The van der Waals surface area contributed by atoms with Crippen molar-refractivity contribution in [2.45, 2.75) is 58.0 Å². The zero-order chi connectivity index (χ0) is 12.6. The molecule has 0 saturated heterocycles. The van der Waals surface area contributed by atoms with E-state index in [-0.39, 0.29) is 38.2 Å². The second-order valence-electron chi connectivity index (χ2n) is 5.62. The maximum absolute atomic E-state index is 13.1. The van der Waals surface area contributed by atoms with Gasteiger partial charge in [0, 0.05) is 18.3 Å². The van der Waals surface area contributed by atoms with Crippen LogP contribution in [0.1, 0.15) is 46.5 Å². The fourth-order valence-electron chi connectivity index (χ4n) is 2.47. The van der Waals surface area contributed by atoms with E-state index in [4.69, 9.17) is 0 Å². The highest BCUT2D eigenvalue weighted by atomic mass is 19.3. The summed E-state index contributed by atoms with van der Waals surface area (Å²) in [6.07, 6.45) is -0.442. The summed E-state index contributed by atoms with van der Waals surface area (Å²) in [6, 6.07) is 0. The topological polar surface area (TPSA) is 40.5 Å². The van der Waals surface area contributed by atoms with Gasteiger partial charge >= 0.3 is 0 Å². The normalized spacial score (nSPS) is 27.8. The van der Waals surface area contributed by atoms with Gasteiger partial charge in [-0.05, 0) is 18.8 Å². The minimum Gasteiger partial charge on any atom is -0.396 e. The third kappa shape index (κ3) is 2.23. The van der Waals surface area contributed by atoms with E-state index in [0.717, 1.165) is 0 Å². The van der Waals surface area contributed by atoms with Gasteiger partial charge in [-0.25, -0.2) is 8.78 Å². The summed E-state index contributed by atoms with van der Waals surface area (Å²) in [5.74, 6) is -2.60. The molecule has 1 unspecified atom stereocenters. The van der Waals surface area contributed by atoms with E-state index in [1.54, 1.807) is 6.92 Å². The molecule has 1 saturated carbocycles. The van der Waals surface area contributed by atoms with Gasteiger partial charge in [0.1, 0.15) is 0 Å². The zero-order valence-corrected chi connectivity index (χ0v) is 10.3. The van der Waals surface area contributed by atoms with Crippen molar-refractivity contribution >= 4 is 0 Å². The molecule has 1 rings (SSSR count). The molecule has 0 amide bonds. The van der Waals surface area contributed by atoms with Crippen molar-refractivity contribution in [3.63, 3.8) is 0 Å². The predicted molar refractivity (Wildman–Crippen MR) is 58.4 cm³/mol. The van der Waals surface area contributed by atoms with Crippen LogP contribution in [0.15, 0.2) is 0 Å². The second kappa shape index (κ2) is 4.22. The zero-order valence-electron chi connectivity index (χ0n) is 10.3. The molecule has 2 nitrogen and oxygen atoms in total. The van der Waals surface area contributed by atoms with E-state index in [1.807, 2.05) is 13.8 Å². The van der Waals surface area contributed by atoms with Crippen molar-refractivity contribution in [2.75, 3.05) is 6.61 Å². The lowest BCUT2D eigenvalue weighted by atomic mass is 9.61. The molecule has 0 aromatic carbocycles. The van der Waals surface area contributed by atoms with Crippen LogP contribution in [0.2, 0.25) is 0 Å². The Morgan fingerprint density at radius 2 is 1.62 bits per heavy atom. The molecular weight excluding hydrogens is 214 g/mol. The van der Waals surface area contributed by atoms with E-state index < -0.39 is 16.9 Å². The summed E-state index contributed by atoms with van der Waals surface area (Å²) in [5, 5.41) is 20.0. The summed E-state index contributed by atoms with van der Waals surface area (Å²) in [5.41, 5.74) is -1.87. The number of hydrogen-bond donors (Lipinski definition) is 2. The Kier molecular flexibility index (Phi) is 3.65. The summed E-state index contributed by atoms with van der Waals surface area (Å²) in [6.45, 7) is 5.41. The number of hydrogen-bond acceptors (Lipinski definition) is 2. The van der Waals surface area contributed by atoms with Crippen LogP contribution >= 0.6 is 0 Å². The Morgan fingerprint density at radius 3 is 1.94 bits per heavy atom. The van der Waals surface area contributed by atoms with Crippen LogP contribution in [0.3, 0.4) is 0 Å². The van der Waals surface area contributed by atoms with E-state index in [0.29, 0.717) is 0 Å². The molecule has 1 fully saturated rings. The van der Waals surface area contributed by atoms with E-state index in [2.05, 4.69) is 0 Å². The van der Waals surface area contributed by atoms with Gasteiger partial charge in [-0.1, -0.05) is 20.8 Å². The molecule has 0 radical (unpaired) electrons. The molecule has 4 heteroatoms. The quantitative estimate of drug-likeness (QED) is 0.790. The molecule has 96 valence electrons. The van der Waals surface area contributed by atoms with Crippen molar-refractivity contribution < 1.29 is 19.0 Å². The Bertz CT molecular complexity index is 243. The molecule has 2 N–H and O–H groups in total. The van der Waals surface area contributed by atoms with Crippen LogP contribution in [0.4, 0.5) is 8.78 Å². The summed E-state index contributed by atoms with van der Waals surface area (Å²) in [7, 11) is 0. The van der Waals surface area contributed by atoms with E-state index >= 15 is 0 Å². The van der Waals surface area contributed by atoms with E-state index in [9.17, 15) is 19.0 Å². The first kappa shape index (κ1) is 13.8. The maximum atomic E-state index is 13.1. The lowest BCUT2D eigenvalue weighted by molar-refractivity contribution is -0.179. The van der Waals surface area contributed by atoms with Crippen LogP contribution in [-0.4, -0.2) is 28.3 Å². The van der Waals surface area contributed by atoms with Crippen LogP contribution in [-0.2, 0) is 0 Å². The van der Waals surface area contributed by atoms with Crippen LogP contribution in [0.5, 0.6) is 0 Å². The third-order valence-electron chi connectivity index (χ3n) is 4.47. The van der Waals surface area contributed by atoms with Crippen molar-refractivity contribution in [3.05, 3.63) is 0 Å². The van der Waals surface area contributed by atoms with E-state index in [1.165, 1.54) is 0 Å². The van der Waals surface area contributed by atoms with Gasteiger partial charge in [-0.3, -0.25) is 0 Å². The number of aliphatic hydroxyl groups excluding tert-OH is 1. The van der Waals surface area contributed by atoms with Crippen LogP contribution < -0.4 is 0 Å². The fraction of sp³-hybridized carbons (Fsp3) is 1.00. The van der Waals surface area contributed by atoms with Crippen LogP contribution in [0.25, 0.3) is 0 Å². The first-order valence-corrected chi connectivity index (χ1v) is 5.88. The van der Waals surface area contributed by atoms with Gasteiger partial charge in [0.15, 0.2) is 0 Å². The largest absolute Gasteiger partial charge is 0.396 e. The first-order chi connectivity index (χ1) is 7.17. The number of alkyl halides is 2. The predicted octanol–water partition coefficient (Wildman–Crippen LogP) is 2.58. The van der Waals surface area contributed by atoms with Crippen molar-refractivity contribution in [3.8, 4) is 0 Å². The summed E-state index contributed by atoms with van der Waals surface area (Å²) >= 11 is 0. The monoisotopic (exact) mass is 236 g/mol. The molecule has 1 aliphatic carbocycles. The number of halogens is 2. The highest BCUT2D eigenvalue weighted by molar-refractivity contribution is 5.01. The van der Waals surface area contributed by atoms with Crippen molar-refractivity contribution in [2.24, 2.45) is 11.3 Å². The standard InChI is InChI=1S/C12H22F2O2/c1-9(2)10(3,8-15)11(16)4-6-12(13,14)7-5-11/h9,15-16H,4-8H2,1-3H3. The van der Waals surface area contributed by atoms with Gasteiger partial charge in [-0.15, -0.1) is 0 Å². The number of rotatable bonds is 3. The molecule has 0 heterocycles. The van der Waals surface area contributed by atoms with Crippen molar-refractivity contribution in [1.29, 1.82) is 0 Å². The Hall–Kier alpha value is -0.220. The fourth-order valence-corrected chi connectivity index (χ4v) is 2.47. The Balaban J connectivity index is 2.86. The summed E-state index contributed by atoms with van der Waals surface area (Å²) in [4.78, 5) is 0. The summed E-state index contributed by atoms with van der Waals surface area (Å²) < 4.78 is 26.1. The molecule has 1 aliphatic rings. The second-order valence-corrected chi connectivity index (χ2v) is 5.62. The molecule has 0 aromatic rings. The van der Waals surface area contributed by atoms with Gasteiger partial charge in [0.05, 0.1) is 12.2 Å². The smallest absolute Gasteiger partial charge is 0.248 e. The van der Waals surface area contributed by atoms with Gasteiger partial charge in [0.2, 0.25) is 5.92 Å². The lowest BCUT2D eigenvalue weighted by Gasteiger charge is -2.50. The molecule has 0 aromatic heterocycles. The molecule has 16 heavy (non-hydrogen) atoms. The maximum Gasteiger partial charge on any atom is 0.248 e. The van der Waals surface area contributed by atoms with Gasteiger partial charge < -0.3 is 10.2 Å². The molecule has 0 aliphatic heterocycles. The molecule has 0 spiro atoms. The SMILES string of the molecule is CC(C)C(C)(CO)C1(O)CCC(F)(F)CC1. The minimum absolute atomic E-state index is 0.0502. The first-order valence-electron chi connectivity index (χ1n) is 5.88. The minimum atomic E-state index is -2.65. The number of aliphatic hydroxyl groups is 2. The Labute approximate surface area is 95.7 Å². The van der Waals surface area contributed by atoms with Crippen molar-refractivity contribution in [1.82, 2.24) is 0 Å².